The van der Waals surface area contributed by atoms with Crippen molar-refractivity contribution in [3.05, 3.63) is 0 Å². The molecule has 0 aromatic carbocycles. The van der Waals surface area contributed by atoms with Gasteiger partial charge in [0.2, 0.25) is 5.91 Å². The summed E-state index contributed by atoms with van der Waals surface area (Å²) in [6, 6.07) is 0.0669. The van der Waals surface area contributed by atoms with Gasteiger partial charge in [0.1, 0.15) is 0 Å². The van der Waals surface area contributed by atoms with Gasteiger partial charge in [-0.1, -0.05) is 6.42 Å². The van der Waals surface area contributed by atoms with Crippen LogP contribution in [0.2, 0.25) is 0 Å². The summed E-state index contributed by atoms with van der Waals surface area (Å²) < 4.78 is 0. The highest BCUT2D eigenvalue weighted by Crippen LogP contribution is 2.21. The third-order valence-corrected chi connectivity index (χ3v) is 6.18. The molecule has 1 amide bonds. The normalized spacial score (nSPS) is 21.2. The first-order valence-electron chi connectivity index (χ1n) is 11.6. The number of amides is 1. The average molecular weight is 537 g/mol. The van der Waals surface area contributed by atoms with Crippen LogP contribution in [0, 0.1) is 0 Å². The smallest absolute Gasteiger partial charge is 0.239 e. The van der Waals surface area contributed by atoms with Crippen molar-refractivity contribution in [3.63, 3.8) is 0 Å². The van der Waals surface area contributed by atoms with Gasteiger partial charge in [-0.15, -0.1) is 24.0 Å². The molecule has 30 heavy (non-hydrogen) atoms. The number of likely N-dealkylation sites (N-methyl/N-ethyl adjacent to an activating group) is 1. The lowest BCUT2D eigenvalue weighted by Gasteiger charge is -2.40. The van der Waals surface area contributed by atoms with Crippen LogP contribution in [0.15, 0.2) is 4.99 Å². The summed E-state index contributed by atoms with van der Waals surface area (Å²) in [6.45, 7) is 13.6. The molecule has 0 aromatic heterocycles. The van der Waals surface area contributed by atoms with E-state index in [0.717, 1.165) is 57.9 Å². The van der Waals surface area contributed by atoms with Crippen LogP contribution < -0.4 is 10.6 Å². The number of nitrogens with zero attached hydrogens (tertiary/aromatic N) is 4. The van der Waals surface area contributed by atoms with E-state index in [2.05, 4.69) is 41.2 Å². The molecule has 0 spiro atoms. The van der Waals surface area contributed by atoms with Crippen LogP contribution in [0.5, 0.6) is 0 Å². The second-order valence-electron chi connectivity index (χ2n) is 9.26. The molecule has 1 unspecified atom stereocenters. The highest BCUT2D eigenvalue weighted by atomic mass is 127. The van der Waals surface area contributed by atoms with Crippen LogP contribution in [-0.2, 0) is 4.79 Å². The number of rotatable bonds is 9. The van der Waals surface area contributed by atoms with Crippen molar-refractivity contribution < 1.29 is 4.79 Å². The topological polar surface area (TPSA) is 63.2 Å². The molecule has 2 N–H and O–H groups in total. The van der Waals surface area contributed by atoms with Gasteiger partial charge in [0.25, 0.3) is 0 Å². The predicted octanol–water partition coefficient (Wildman–Crippen LogP) is 2.37. The number of carbonyl (C=O) groups excluding carboxylic acids is 1. The van der Waals surface area contributed by atoms with Gasteiger partial charge in [-0.3, -0.25) is 19.6 Å². The molecular formula is C22H45IN6O. The zero-order valence-electron chi connectivity index (χ0n) is 19.9. The van der Waals surface area contributed by atoms with Gasteiger partial charge in [-0.25, -0.2) is 0 Å². The number of guanidine groups is 1. The molecule has 2 aliphatic heterocycles. The van der Waals surface area contributed by atoms with Crippen molar-refractivity contribution >= 4 is 35.8 Å². The van der Waals surface area contributed by atoms with Crippen LogP contribution in [0.3, 0.4) is 0 Å². The summed E-state index contributed by atoms with van der Waals surface area (Å²) in [4.78, 5) is 23.8. The van der Waals surface area contributed by atoms with Gasteiger partial charge < -0.3 is 15.5 Å². The molecule has 0 aromatic rings. The Morgan fingerprint density at radius 1 is 1.10 bits per heavy atom. The lowest BCUT2D eigenvalue weighted by Crippen LogP contribution is -2.49. The number of hydrogen-bond donors (Lipinski definition) is 2. The lowest BCUT2D eigenvalue weighted by molar-refractivity contribution is -0.133. The molecule has 0 bridgehead atoms. The van der Waals surface area contributed by atoms with E-state index in [1.54, 1.807) is 4.90 Å². The van der Waals surface area contributed by atoms with E-state index in [1.807, 2.05) is 14.1 Å². The fraction of sp³-hybridized carbons (Fsp3) is 0.909. The summed E-state index contributed by atoms with van der Waals surface area (Å²) in [6.07, 6.45) is 7.08. The van der Waals surface area contributed by atoms with Crippen LogP contribution in [0.25, 0.3) is 0 Å². The monoisotopic (exact) mass is 536 g/mol. The first-order chi connectivity index (χ1) is 13.8. The zero-order valence-corrected chi connectivity index (χ0v) is 22.2. The van der Waals surface area contributed by atoms with Gasteiger partial charge in [0.05, 0.1) is 12.6 Å². The minimum atomic E-state index is 0. The van der Waals surface area contributed by atoms with Crippen molar-refractivity contribution in [3.8, 4) is 0 Å². The Morgan fingerprint density at radius 3 is 2.43 bits per heavy atom. The SMILES string of the molecule is CCNC(=NCC(C)(C)N1CCCCC1)NCCCN1CCCC1C(=O)N(C)C.I. The Hall–Kier alpha value is -0.610. The van der Waals surface area contributed by atoms with E-state index in [1.165, 1.54) is 32.4 Å². The summed E-state index contributed by atoms with van der Waals surface area (Å²) in [5.41, 5.74) is 0.0953. The maximum atomic E-state index is 12.3. The third kappa shape index (κ3) is 8.49. The van der Waals surface area contributed by atoms with Crippen LogP contribution in [0.1, 0.15) is 59.3 Å². The molecule has 2 fully saturated rings. The standard InChI is InChI=1S/C22H44N6O.HI/c1-6-23-21(25-18-22(2,3)28-16-8-7-9-17-28)24-13-11-15-27-14-10-12-19(27)20(29)26(4)5;/h19H,6-18H2,1-5H3,(H2,23,24,25);1H. The number of likely N-dealkylation sites (tertiary alicyclic amines) is 2. The summed E-state index contributed by atoms with van der Waals surface area (Å²) in [7, 11) is 3.70. The first-order valence-corrected chi connectivity index (χ1v) is 11.6. The average Bonchev–Trinajstić information content (AvgIpc) is 3.17. The number of hydrogen-bond acceptors (Lipinski definition) is 4. The maximum Gasteiger partial charge on any atom is 0.239 e. The molecule has 1 atom stereocenters. The highest BCUT2D eigenvalue weighted by molar-refractivity contribution is 14.0. The Labute approximate surface area is 201 Å². The Balaban J connectivity index is 0.00000450. The second-order valence-corrected chi connectivity index (χ2v) is 9.26. The molecule has 2 heterocycles. The van der Waals surface area contributed by atoms with Crippen molar-refractivity contribution in [2.75, 3.05) is 59.9 Å². The van der Waals surface area contributed by atoms with Gasteiger partial charge >= 0.3 is 0 Å². The Kier molecular flexibility index (Phi) is 12.5. The largest absolute Gasteiger partial charge is 0.357 e. The molecule has 0 radical (unpaired) electrons. The van der Waals surface area contributed by atoms with Crippen LogP contribution in [0.4, 0.5) is 0 Å². The van der Waals surface area contributed by atoms with E-state index < -0.39 is 0 Å². The van der Waals surface area contributed by atoms with Gasteiger partial charge in [-0.05, 0) is 72.5 Å². The molecule has 8 heteroatoms. The van der Waals surface area contributed by atoms with E-state index in [4.69, 9.17) is 4.99 Å². The van der Waals surface area contributed by atoms with Crippen LogP contribution in [-0.4, -0.2) is 98.1 Å². The molecular weight excluding hydrogens is 491 g/mol. The second kappa shape index (κ2) is 13.7. The minimum Gasteiger partial charge on any atom is -0.357 e. The van der Waals surface area contributed by atoms with E-state index in [-0.39, 0.29) is 41.5 Å². The van der Waals surface area contributed by atoms with Gasteiger partial charge in [0, 0.05) is 39.3 Å². The van der Waals surface area contributed by atoms with Crippen molar-refractivity contribution in [1.82, 2.24) is 25.3 Å². The van der Waals surface area contributed by atoms with E-state index >= 15 is 0 Å². The Bertz CT molecular complexity index is 534. The molecule has 7 nitrogen and oxygen atoms in total. The molecule has 2 rings (SSSR count). The minimum absolute atomic E-state index is 0. The zero-order chi connectivity index (χ0) is 21.3. The van der Waals surface area contributed by atoms with Crippen LogP contribution >= 0.6 is 24.0 Å². The summed E-state index contributed by atoms with van der Waals surface area (Å²) in [5.74, 6) is 1.14. The fourth-order valence-electron chi connectivity index (χ4n) is 4.37. The van der Waals surface area contributed by atoms with Crippen molar-refractivity contribution in [2.45, 2.75) is 70.9 Å². The number of halogens is 1. The molecule has 176 valence electrons. The predicted molar refractivity (Wildman–Crippen MR) is 137 cm³/mol. The number of aliphatic imine (C=N–C) groups is 1. The van der Waals surface area contributed by atoms with Gasteiger partial charge in [0.15, 0.2) is 5.96 Å². The summed E-state index contributed by atoms with van der Waals surface area (Å²) >= 11 is 0. The quantitative estimate of drug-likeness (QED) is 0.205. The summed E-state index contributed by atoms with van der Waals surface area (Å²) in [5, 5.41) is 6.86. The molecule has 2 saturated heterocycles. The van der Waals surface area contributed by atoms with Crippen molar-refractivity contribution in [1.29, 1.82) is 0 Å². The third-order valence-electron chi connectivity index (χ3n) is 6.18. The number of carbonyl (C=O) groups is 1. The fourth-order valence-corrected chi connectivity index (χ4v) is 4.37. The van der Waals surface area contributed by atoms with Crippen molar-refractivity contribution in [2.24, 2.45) is 4.99 Å². The number of piperidine rings is 1. The van der Waals surface area contributed by atoms with E-state index in [0.29, 0.717) is 0 Å². The molecule has 0 aliphatic carbocycles. The maximum absolute atomic E-state index is 12.3. The lowest BCUT2D eigenvalue weighted by atomic mass is 9.99. The number of nitrogens with one attached hydrogen (secondary N) is 2. The highest BCUT2D eigenvalue weighted by Gasteiger charge is 2.31. The van der Waals surface area contributed by atoms with Gasteiger partial charge in [-0.2, -0.15) is 0 Å². The first kappa shape index (κ1) is 27.4. The Morgan fingerprint density at radius 2 is 1.80 bits per heavy atom. The van der Waals surface area contributed by atoms with E-state index in [9.17, 15) is 4.79 Å². The molecule has 2 aliphatic rings. The molecule has 0 saturated carbocycles.